The Hall–Kier alpha value is -2.28. The lowest BCUT2D eigenvalue weighted by atomic mass is 10.2. The second-order valence-corrected chi connectivity index (χ2v) is 3.35. The molecule has 2 aromatic rings. The van der Waals surface area contributed by atoms with E-state index < -0.39 is 0 Å². The van der Waals surface area contributed by atoms with Crippen LogP contribution in [0, 0.1) is 11.3 Å². The molecule has 0 bridgehead atoms. The molecule has 0 aliphatic rings. The predicted molar refractivity (Wildman–Crippen MR) is 58.8 cm³/mol. The highest BCUT2D eigenvalue weighted by Crippen LogP contribution is 2.21. The fraction of sp³-hybridized carbons (Fsp3) is 0.167. The summed E-state index contributed by atoms with van der Waals surface area (Å²) in [4.78, 5) is 7.10. The zero-order valence-corrected chi connectivity index (χ0v) is 8.84. The van der Waals surface area contributed by atoms with E-state index in [0.717, 1.165) is 5.69 Å². The second kappa shape index (κ2) is 4.49. The summed E-state index contributed by atoms with van der Waals surface area (Å²) in [7, 11) is 0. The minimum Gasteiger partial charge on any atom is -0.467 e. The molecule has 80 valence electrons. The first kappa shape index (κ1) is 10.2. The van der Waals surface area contributed by atoms with E-state index in [0.29, 0.717) is 11.4 Å². The van der Waals surface area contributed by atoms with E-state index in [1.165, 1.54) is 0 Å². The van der Waals surface area contributed by atoms with Crippen LogP contribution in [0.5, 0.6) is 5.88 Å². The molecule has 16 heavy (non-hydrogen) atoms. The summed E-state index contributed by atoms with van der Waals surface area (Å²) in [5, 5.41) is 8.88. The molecular weight excluding hydrogens is 202 g/mol. The first-order chi connectivity index (χ1) is 7.81. The van der Waals surface area contributed by atoms with Crippen LogP contribution in [-0.4, -0.2) is 9.97 Å². The first-order valence-electron chi connectivity index (χ1n) is 4.96. The Kier molecular flexibility index (Phi) is 2.88. The number of nitrogens with one attached hydrogen (secondary N) is 1. The van der Waals surface area contributed by atoms with E-state index in [4.69, 9.17) is 10.00 Å². The molecule has 0 aliphatic carbocycles. The Morgan fingerprint density at radius 2 is 2.31 bits per heavy atom. The van der Waals surface area contributed by atoms with Gasteiger partial charge in [-0.1, -0.05) is 0 Å². The standard InChI is InChI=1S/C12H11N3O/c1-9(11-5-3-6-14-11)16-12-10(8-13)4-2-7-15-12/h2-7,9,14H,1H3. The summed E-state index contributed by atoms with van der Waals surface area (Å²) >= 11 is 0. The van der Waals surface area contributed by atoms with E-state index in [-0.39, 0.29) is 6.10 Å². The van der Waals surface area contributed by atoms with Crippen LogP contribution in [0.4, 0.5) is 0 Å². The van der Waals surface area contributed by atoms with Gasteiger partial charge >= 0.3 is 0 Å². The number of aromatic nitrogens is 2. The zero-order valence-electron chi connectivity index (χ0n) is 8.84. The van der Waals surface area contributed by atoms with Gasteiger partial charge in [0.2, 0.25) is 5.88 Å². The van der Waals surface area contributed by atoms with Gasteiger partial charge in [-0.2, -0.15) is 5.26 Å². The number of nitriles is 1. The van der Waals surface area contributed by atoms with E-state index in [1.54, 1.807) is 18.3 Å². The van der Waals surface area contributed by atoms with Crippen LogP contribution in [0.3, 0.4) is 0 Å². The molecule has 0 aliphatic heterocycles. The summed E-state index contributed by atoms with van der Waals surface area (Å²) in [5.74, 6) is 0.368. The molecule has 4 heteroatoms. The maximum absolute atomic E-state index is 8.88. The van der Waals surface area contributed by atoms with Crippen LogP contribution in [0.15, 0.2) is 36.7 Å². The number of hydrogen-bond donors (Lipinski definition) is 1. The minimum absolute atomic E-state index is 0.156. The molecule has 2 aromatic heterocycles. The highest BCUT2D eigenvalue weighted by molar-refractivity contribution is 5.37. The molecule has 4 nitrogen and oxygen atoms in total. The van der Waals surface area contributed by atoms with Crippen molar-refractivity contribution in [1.82, 2.24) is 9.97 Å². The van der Waals surface area contributed by atoms with Gasteiger partial charge in [0.25, 0.3) is 0 Å². The second-order valence-electron chi connectivity index (χ2n) is 3.35. The van der Waals surface area contributed by atoms with Gasteiger partial charge in [-0.05, 0) is 31.2 Å². The number of nitrogens with zero attached hydrogens (tertiary/aromatic N) is 2. The molecule has 0 radical (unpaired) electrons. The SMILES string of the molecule is CC(Oc1ncccc1C#N)c1ccc[nH]1. The number of pyridine rings is 1. The van der Waals surface area contributed by atoms with Gasteiger partial charge in [0.15, 0.2) is 0 Å². The summed E-state index contributed by atoms with van der Waals surface area (Å²) < 4.78 is 5.62. The van der Waals surface area contributed by atoms with Crippen LogP contribution < -0.4 is 4.74 Å². The molecule has 1 unspecified atom stereocenters. The van der Waals surface area contributed by atoms with Crippen molar-refractivity contribution in [2.75, 3.05) is 0 Å². The van der Waals surface area contributed by atoms with Crippen molar-refractivity contribution >= 4 is 0 Å². The van der Waals surface area contributed by atoms with Crippen molar-refractivity contribution in [2.24, 2.45) is 0 Å². The summed E-state index contributed by atoms with van der Waals surface area (Å²) in [6.07, 6.45) is 3.29. The van der Waals surface area contributed by atoms with Gasteiger partial charge < -0.3 is 9.72 Å². The molecule has 0 spiro atoms. The van der Waals surface area contributed by atoms with E-state index >= 15 is 0 Å². The van der Waals surface area contributed by atoms with E-state index in [1.807, 2.05) is 31.3 Å². The molecule has 2 heterocycles. The smallest absolute Gasteiger partial charge is 0.232 e. The van der Waals surface area contributed by atoms with Crippen molar-refractivity contribution in [2.45, 2.75) is 13.0 Å². The normalized spacial score (nSPS) is 11.8. The molecule has 2 rings (SSSR count). The average Bonchev–Trinajstić information content (AvgIpc) is 2.83. The van der Waals surface area contributed by atoms with Crippen LogP contribution in [0.2, 0.25) is 0 Å². The number of rotatable bonds is 3. The third-order valence-electron chi connectivity index (χ3n) is 2.24. The van der Waals surface area contributed by atoms with Crippen molar-refractivity contribution in [3.8, 4) is 11.9 Å². The fourth-order valence-electron chi connectivity index (χ4n) is 1.40. The Labute approximate surface area is 93.5 Å². The zero-order chi connectivity index (χ0) is 11.4. The topological polar surface area (TPSA) is 61.7 Å². The maximum Gasteiger partial charge on any atom is 0.232 e. The number of hydrogen-bond acceptors (Lipinski definition) is 3. The average molecular weight is 213 g/mol. The van der Waals surface area contributed by atoms with Crippen molar-refractivity contribution < 1.29 is 4.74 Å². The molecule has 0 saturated carbocycles. The third-order valence-corrected chi connectivity index (χ3v) is 2.24. The van der Waals surface area contributed by atoms with Gasteiger partial charge in [0.05, 0.1) is 5.69 Å². The van der Waals surface area contributed by atoms with Crippen LogP contribution in [0.1, 0.15) is 24.3 Å². The monoisotopic (exact) mass is 213 g/mol. The summed E-state index contributed by atoms with van der Waals surface area (Å²) in [6.45, 7) is 1.90. The lowest BCUT2D eigenvalue weighted by Gasteiger charge is -2.12. The predicted octanol–water partition coefficient (Wildman–Crippen LogP) is 2.42. The van der Waals surface area contributed by atoms with Crippen molar-refractivity contribution in [1.29, 1.82) is 5.26 Å². The molecule has 1 atom stereocenters. The van der Waals surface area contributed by atoms with Gasteiger partial charge in [0.1, 0.15) is 17.7 Å². The number of ether oxygens (including phenoxy) is 1. The highest BCUT2D eigenvalue weighted by atomic mass is 16.5. The maximum atomic E-state index is 8.88. The van der Waals surface area contributed by atoms with Gasteiger partial charge in [0, 0.05) is 12.4 Å². The van der Waals surface area contributed by atoms with Crippen LogP contribution in [-0.2, 0) is 0 Å². The summed E-state index contributed by atoms with van der Waals surface area (Å²) in [5.41, 5.74) is 1.40. The Bertz CT molecular complexity index is 499. The van der Waals surface area contributed by atoms with Crippen molar-refractivity contribution in [3.05, 3.63) is 47.9 Å². The molecule has 0 aromatic carbocycles. The van der Waals surface area contributed by atoms with Crippen LogP contribution in [0.25, 0.3) is 0 Å². The molecule has 0 fully saturated rings. The molecule has 0 saturated heterocycles. The Morgan fingerprint density at radius 3 is 3.00 bits per heavy atom. The Balaban J connectivity index is 2.19. The minimum atomic E-state index is -0.156. The Morgan fingerprint density at radius 1 is 1.44 bits per heavy atom. The van der Waals surface area contributed by atoms with E-state index in [2.05, 4.69) is 9.97 Å². The van der Waals surface area contributed by atoms with Gasteiger partial charge in [-0.15, -0.1) is 0 Å². The van der Waals surface area contributed by atoms with Crippen molar-refractivity contribution in [3.63, 3.8) is 0 Å². The number of aromatic amines is 1. The fourth-order valence-corrected chi connectivity index (χ4v) is 1.40. The first-order valence-corrected chi connectivity index (χ1v) is 4.96. The number of H-pyrrole nitrogens is 1. The lowest BCUT2D eigenvalue weighted by molar-refractivity contribution is 0.212. The van der Waals surface area contributed by atoms with E-state index in [9.17, 15) is 0 Å². The van der Waals surface area contributed by atoms with Gasteiger partial charge in [-0.25, -0.2) is 4.98 Å². The molecule has 1 N–H and O–H groups in total. The van der Waals surface area contributed by atoms with Gasteiger partial charge in [-0.3, -0.25) is 0 Å². The quantitative estimate of drug-likeness (QED) is 0.851. The summed E-state index contributed by atoms with van der Waals surface area (Å²) in [6, 6.07) is 9.28. The molecule has 0 amide bonds. The third kappa shape index (κ3) is 2.04. The van der Waals surface area contributed by atoms with Crippen LogP contribution >= 0.6 is 0 Å². The largest absolute Gasteiger partial charge is 0.467 e. The lowest BCUT2D eigenvalue weighted by Crippen LogP contribution is -2.05. The highest BCUT2D eigenvalue weighted by Gasteiger charge is 2.11. The molecular formula is C12H11N3O.